The maximum absolute atomic E-state index is 12.9. The molecule has 1 fully saturated rings. The molecule has 1 aromatic carbocycles. The van der Waals surface area contributed by atoms with E-state index in [-0.39, 0.29) is 5.91 Å². The molecule has 2 rings (SSSR count). The number of carbonyl (C=O) groups excluding carboxylic acids is 1. The van der Waals surface area contributed by atoms with Crippen LogP contribution in [0.1, 0.15) is 38.7 Å². The van der Waals surface area contributed by atoms with Gasteiger partial charge in [-0.3, -0.25) is 4.79 Å². The summed E-state index contributed by atoms with van der Waals surface area (Å²) in [6.07, 6.45) is 2.98. The van der Waals surface area contributed by atoms with Gasteiger partial charge in [0.1, 0.15) is 5.75 Å². The summed E-state index contributed by atoms with van der Waals surface area (Å²) < 4.78 is 5.17. The Balaban J connectivity index is 2.13. The number of methoxy groups -OCH3 is 1. The SMILES string of the molecule is CCC(C)(CN)C(=O)N(Cc1ccc(OC)cc1)C1CC1. The number of ether oxygens (including phenoxy) is 1. The van der Waals surface area contributed by atoms with Gasteiger partial charge in [-0.25, -0.2) is 0 Å². The minimum atomic E-state index is -0.449. The van der Waals surface area contributed by atoms with Crippen LogP contribution in [-0.4, -0.2) is 30.5 Å². The van der Waals surface area contributed by atoms with Crippen molar-refractivity contribution in [2.24, 2.45) is 11.1 Å². The van der Waals surface area contributed by atoms with Crippen molar-refractivity contribution in [2.75, 3.05) is 13.7 Å². The number of hydrogen-bond acceptors (Lipinski definition) is 3. The summed E-state index contributed by atoms with van der Waals surface area (Å²) in [5.41, 5.74) is 6.53. The van der Waals surface area contributed by atoms with E-state index in [4.69, 9.17) is 10.5 Å². The van der Waals surface area contributed by atoms with Crippen molar-refractivity contribution < 1.29 is 9.53 Å². The third-order valence-electron chi connectivity index (χ3n) is 4.51. The Morgan fingerprint density at radius 3 is 2.43 bits per heavy atom. The van der Waals surface area contributed by atoms with E-state index in [9.17, 15) is 4.79 Å². The number of benzene rings is 1. The summed E-state index contributed by atoms with van der Waals surface area (Å²) >= 11 is 0. The first-order valence-electron chi connectivity index (χ1n) is 7.68. The second-order valence-electron chi connectivity index (χ2n) is 6.13. The van der Waals surface area contributed by atoms with Crippen LogP contribution in [-0.2, 0) is 11.3 Å². The fraction of sp³-hybridized carbons (Fsp3) is 0.588. The number of nitrogens with two attached hydrogens (primary N) is 1. The van der Waals surface area contributed by atoms with E-state index >= 15 is 0 Å². The summed E-state index contributed by atoms with van der Waals surface area (Å²) in [5.74, 6) is 1.02. The lowest BCUT2D eigenvalue weighted by Crippen LogP contribution is -2.46. The van der Waals surface area contributed by atoms with Crippen molar-refractivity contribution >= 4 is 5.91 Å². The molecule has 1 saturated carbocycles. The Morgan fingerprint density at radius 1 is 1.38 bits per heavy atom. The second-order valence-corrected chi connectivity index (χ2v) is 6.13. The lowest BCUT2D eigenvalue weighted by Gasteiger charge is -2.33. The molecule has 116 valence electrons. The molecule has 1 aliphatic carbocycles. The van der Waals surface area contributed by atoms with Crippen LogP contribution in [0.2, 0.25) is 0 Å². The van der Waals surface area contributed by atoms with Crippen molar-refractivity contribution in [2.45, 2.75) is 45.7 Å². The highest BCUT2D eigenvalue weighted by Gasteiger charge is 2.40. The van der Waals surface area contributed by atoms with E-state index < -0.39 is 5.41 Å². The van der Waals surface area contributed by atoms with E-state index in [0.717, 1.165) is 30.6 Å². The van der Waals surface area contributed by atoms with Gasteiger partial charge in [-0.1, -0.05) is 19.1 Å². The molecule has 2 N–H and O–H groups in total. The molecule has 1 aliphatic rings. The fourth-order valence-corrected chi connectivity index (χ4v) is 2.41. The van der Waals surface area contributed by atoms with Gasteiger partial charge in [0.25, 0.3) is 0 Å². The highest BCUT2D eigenvalue weighted by molar-refractivity contribution is 5.83. The average Bonchev–Trinajstić information content (AvgIpc) is 3.36. The number of nitrogens with zero attached hydrogens (tertiary/aromatic N) is 1. The molecule has 21 heavy (non-hydrogen) atoms. The first kappa shape index (κ1) is 15.8. The molecule has 0 bridgehead atoms. The van der Waals surface area contributed by atoms with Gasteiger partial charge < -0.3 is 15.4 Å². The van der Waals surface area contributed by atoms with Crippen molar-refractivity contribution in [1.29, 1.82) is 0 Å². The zero-order valence-corrected chi connectivity index (χ0v) is 13.3. The first-order chi connectivity index (χ1) is 10.0. The molecular weight excluding hydrogens is 264 g/mol. The quantitative estimate of drug-likeness (QED) is 0.839. The highest BCUT2D eigenvalue weighted by Crippen LogP contribution is 2.33. The molecule has 4 heteroatoms. The van der Waals surface area contributed by atoms with Crippen LogP contribution in [0.25, 0.3) is 0 Å². The van der Waals surface area contributed by atoms with E-state index in [0.29, 0.717) is 19.1 Å². The number of hydrogen-bond donors (Lipinski definition) is 1. The smallest absolute Gasteiger partial charge is 0.230 e. The first-order valence-corrected chi connectivity index (χ1v) is 7.68. The molecule has 1 atom stereocenters. The van der Waals surface area contributed by atoms with Gasteiger partial charge in [-0.2, -0.15) is 0 Å². The fourth-order valence-electron chi connectivity index (χ4n) is 2.41. The van der Waals surface area contributed by atoms with Crippen molar-refractivity contribution in [1.82, 2.24) is 4.90 Å². The predicted molar refractivity (Wildman–Crippen MR) is 84.0 cm³/mol. The van der Waals surface area contributed by atoms with Crippen LogP contribution in [0.3, 0.4) is 0 Å². The largest absolute Gasteiger partial charge is 0.497 e. The molecule has 1 unspecified atom stereocenters. The van der Waals surface area contributed by atoms with Crippen LogP contribution >= 0.6 is 0 Å². The molecule has 1 aromatic rings. The van der Waals surface area contributed by atoms with Gasteiger partial charge >= 0.3 is 0 Å². The lowest BCUT2D eigenvalue weighted by molar-refractivity contribution is -0.142. The third-order valence-corrected chi connectivity index (χ3v) is 4.51. The van der Waals surface area contributed by atoms with Gasteiger partial charge in [0, 0.05) is 19.1 Å². The molecule has 0 aliphatic heterocycles. The molecule has 0 heterocycles. The normalized spacial score (nSPS) is 17.1. The zero-order chi connectivity index (χ0) is 15.5. The van der Waals surface area contributed by atoms with E-state index in [1.807, 2.05) is 43.0 Å². The molecule has 0 spiro atoms. The molecule has 0 saturated heterocycles. The summed E-state index contributed by atoms with van der Waals surface area (Å²) in [7, 11) is 1.66. The second kappa shape index (κ2) is 6.48. The number of carbonyl (C=O) groups is 1. The summed E-state index contributed by atoms with van der Waals surface area (Å²) in [6, 6.07) is 8.30. The summed E-state index contributed by atoms with van der Waals surface area (Å²) in [5, 5.41) is 0. The summed E-state index contributed by atoms with van der Waals surface area (Å²) in [4.78, 5) is 14.9. The Morgan fingerprint density at radius 2 is 2.00 bits per heavy atom. The Kier molecular flexibility index (Phi) is 4.88. The van der Waals surface area contributed by atoms with E-state index in [1.165, 1.54) is 0 Å². The van der Waals surface area contributed by atoms with Gasteiger partial charge in [0.05, 0.1) is 12.5 Å². The molecule has 0 aromatic heterocycles. The Labute approximate surface area is 127 Å². The third kappa shape index (κ3) is 3.56. The van der Waals surface area contributed by atoms with Gasteiger partial charge in [-0.05, 0) is 43.9 Å². The Hall–Kier alpha value is -1.55. The van der Waals surface area contributed by atoms with Crippen LogP contribution in [0.15, 0.2) is 24.3 Å². The average molecular weight is 290 g/mol. The zero-order valence-electron chi connectivity index (χ0n) is 13.3. The van der Waals surface area contributed by atoms with Gasteiger partial charge in [-0.15, -0.1) is 0 Å². The van der Waals surface area contributed by atoms with Crippen LogP contribution in [0.4, 0.5) is 0 Å². The van der Waals surface area contributed by atoms with Crippen molar-refractivity contribution in [3.8, 4) is 5.75 Å². The topological polar surface area (TPSA) is 55.6 Å². The maximum atomic E-state index is 12.9. The maximum Gasteiger partial charge on any atom is 0.230 e. The summed E-state index contributed by atoms with van der Waals surface area (Å²) in [6.45, 7) is 5.05. The monoisotopic (exact) mass is 290 g/mol. The molecule has 0 radical (unpaired) electrons. The highest BCUT2D eigenvalue weighted by atomic mass is 16.5. The van der Waals surface area contributed by atoms with Crippen molar-refractivity contribution in [3.05, 3.63) is 29.8 Å². The minimum absolute atomic E-state index is 0.186. The van der Waals surface area contributed by atoms with Gasteiger partial charge in [0.2, 0.25) is 5.91 Å². The molecule has 4 nitrogen and oxygen atoms in total. The number of amides is 1. The molecular formula is C17H26N2O2. The van der Waals surface area contributed by atoms with Crippen LogP contribution < -0.4 is 10.5 Å². The standard InChI is InChI=1S/C17H26N2O2/c1-4-17(2,12-18)16(20)19(14-7-8-14)11-13-5-9-15(21-3)10-6-13/h5-6,9-10,14H,4,7-8,11-12,18H2,1-3H3. The van der Waals surface area contributed by atoms with E-state index in [2.05, 4.69) is 0 Å². The number of rotatable bonds is 7. The lowest BCUT2D eigenvalue weighted by atomic mass is 9.85. The van der Waals surface area contributed by atoms with Crippen LogP contribution in [0, 0.1) is 5.41 Å². The Bertz CT molecular complexity index is 476. The predicted octanol–water partition coefficient (Wildman–Crippen LogP) is 2.56. The molecule has 1 amide bonds. The van der Waals surface area contributed by atoms with Crippen LogP contribution in [0.5, 0.6) is 5.75 Å². The van der Waals surface area contributed by atoms with Crippen molar-refractivity contribution in [3.63, 3.8) is 0 Å². The minimum Gasteiger partial charge on any atom is -0.497 e. The van der Waals surface area contributed by atoms with E-state index in [1.54, 1.807) is 7.11 Å². The van der Waals surface area contributed by atoms with Gasteiger partial charge in [0.15, 0.2) is 0 Å².